The molecule has 0 atom stereocenters. The molecule has 0 amide bonds. The molecule has 0 saturated carbocycles. The first-order valence-electron chi connectivity index (χ1n) is 6.35. The molecule has 20 heavy (non-hydrogen) atoms. The van der Waals surface area contributed by atoms with Gasteiger partial charge in [-0.1, -0.05) is 12.1 Å². The van der Waals surface area contributed by atoms with Gasteiger partial charge in [-0.15, -0.1) is 11.3 Å². The van der Waals surface area contributed by atoms with Crippen LogP contribution in [0.5, 0.6) is 5.75 Å². The van der Waals surface area contributed by atoms with Crippen molar-refractivity contribution in [3.63, 3.8) is 0 Å². The van der Waals surface area contributed by atoms with Crippen molar-refractivity contribution in [1.82, 2.24) is 9.55 Å². The molecule has 0 unspecified atom stereocenters. The van der Waals surface area contributed by atoms with E-state index in [9.17, 15) is 5.11 Å². The lowest BCUT2D eigenvalue weighted by molar-refractivity contribution is 0.284. The highest BCUT2D eigenvalue weighted by Crippen LogP contribution is 2.37. The number of aliphatic hydroxyl groups excluding tert-OH is 1. The first kappa shape index (κ1) is 13.1. The number of benzene rings is 1. The van der Waals surface area contributed by atoms with Gasteiger partial charge in [-0.3, -0.25) is 0 Å². The maximum atomic E-state index is 9.32. The van der Waals surface area contributed by atoms with Crippen LogP contribution in [0, 0.1) is 6.92 Å². The summed E-state index contributed by atoms with van der Waals surface area (Å²) in [5.74, 6) is 0.854. The predicted molar refractivity (Wildman–Crippen MR) is 81.2 cm³/mol. The van der Waals surface area contributed by atoms with Gasteiger partial charge in [-0.05, 0) is 13.0 Å². The van der Waals surface area contributed by atoms with Gasteiger partial charge in [0.25, 0.3) is 0 Å². The Balaban J connectivity index is 2.26. The van der Waals surface area contributed by atoms with Gasteiger partial charge in [0.1, 0.15) is 10.8 Å². The number of nitrogens with zero attached hydrogens (tertiary/aromatic N) is 2. The third-order valence-electron chi connectivity index (χ3n) is 3.45. The quantitative estimate of drug-likeness (QED) is 0.805. The molecule has 3 rings (SSSR count). The third kappa shape index (κ3) is 1.90. The van der Waals surface area contributed by atoms with E-state index in [4.69, 9.17) is 4.74 Å². The molecule has 4 nitrogen and oxygen atoms in total. The van der Waals surface area contributed by atoms with Crippen LogP contribution in [0.2, 0.25) is 0 Å². The molecule has 0 radical (unpaired) electrons. The number of fused-ring (bicyclic) bond motifs is 1. The number of aromatic nitrogens is 2. The molecule has 0 aliphatic rings. The van der Waals surface area contributed by atoms with E-state index in [1.54, 1.807) is 7.11 Å². The summed E-state index contributed by atoms with van der Waals surface area (Å²) in [6, 6.07) is 6.01. The SMILES string of the molecule is COc1cccc2c(-c3nc(C)c(CO)s3)cn(C)c12. The number of aliphatic hydroxyl groups is 1. The normalized spacial score (nSPS) is 11.2. The second-order valence-corrected chi connectivity index (χ2v) is 5.78. The summed E-state index contributed by atoms with van der Waals surface area (Å²) in [5.41, 5.74) is 3.03. The van der Waals surface area contributed by atoms with E-state index >= 15 is 0 Å². The van der Waals surface area contributed by atoms with Crippen molar-refractivity contribution in [2.24, 2.45) is 7.05 Å². The molecule has 0 aliphatic carbocycles. The topological polar surface area (TPSA) is 47.3 Å². The van der Waals surface area contributed by atoms with Crippen molar-refractivity contribution in [2.75, 3.05) is 7.11 Å². The van der Waals surface area contributed by atoms with Crippen molar-refractivity contribution in [1.29, 1.82) is 0 Å². The van der Waals surface area contributed by atoms with E-state index in [2.05, 4.69) is 21.8 Å². The number of methoxy groups -OCH3 is 1. The smallest absolute Gasteiger partial charge is 0.143 e. The average molecular weight is 288 g/mol. The van der Waals surface area contributed by atoms with Crippen LogP contribution in [-0.4, -0.2) is 21.8 Å². The number of thiazole rings is 1. The Bertz CT molecular complexity index is 774. The van der Waals surface area contributed by atoms with Crippen LogP contribution in [0.4, 0.5) is 0 Å². The van der Waals surface area contributed by atoms with E-state index in [0.717, 1.165) is 37.8 Å². The number of para-hydroxylation sites is 1. The van der Waals surface area contributed by atoms with Crippen LogP contribution in [0.15, 0.2) is 24.4 Å². The highest BCUT2D eigenvalue weighted by atomic mass is 32.1. The summed E-state index contributed by atoms with van der Waals surface area (Å²) in [6.45, 7) is 1.97. The fourth-order valence-corrected chi connectivity index (χ4v) is 3.40. The van der Waals surface area contributed by atoms with E-state index < -0.39 is 0 Å². The van der Waals surface area contributed by atoms with E-state index in [1.165, 1.54) is 11.3 Å². The molecule has 1 N–H and O–H groups in total. The van der Waals surface area contributed by atoms with Gasteiger partial charge in [-0.2, -0.15) is 0 Å². The molecule has 104 valence electrons. The van der Waals surface area contributed by atoms with E-state index in [-0.39, 0.29) is 6.61 Å². The minimum Gasteiger partial charge on any atom is -0.495 e. The summed E-state index contributed by atoms with van der Waals surface area (Å²) in [7, 11) is 3.68. The van der Waals surface area contributed by atoms with Gasteiger partial charge in [0, 0.05) is 24.2 Å². The van der Waals surface area contributed by atoms with Crippen LogP contribution in [0.25, 0.3) is 21.5 Å². The Morgan fingerprint density at radius 2 is 2.20 bits per heavy atom. The molecule has 2 aromatic heterocycles. The van der Waals surface area contributed by atoms with Gasteiger partial charge < -0.3 is 14.4 Å². The molecule has 0 aliphatic heterocycles. The Morgan fingerprint density at radius 1 is 1.40 bits per heavy atom. The summed E-state index contributed by atoms with van der Waals surface area (Å²) in [5, 5.41) is 11.4. The average Bonchev–Trinajstić information content (AvgIpc) is 2.99. The zero-order valence-corrected chi connectivity index (χ0v) is 12.5. The van der Waals surface area contributed by atoms with Crippen LogP contribution in [0.1, 0.15) is 10.6 Å². The highest BCUT2D eigenvalue weighted by Gasteiger charge is 2.16. The predicted octanol–water partition coefficient (Wildman–Crippen LogP) is 3.11. The lowest BCUT2D eigenvalue weighted by Gasteiger charge is -2.03. The number of hydrogen-bond donors (Lipinski definition) is 1. The lowest BCUT2D eigenvalue weighted by atomic mass is 10.1. The summed E-state index contributed by atoms with van der Waals surface area (Å²) in [6.07, 6.45) is 2.06. The monoisotopic (exact) mass is 288 g/mol. The Hall–Kier alpha value is -1.85. The summed E-state index contributed by atoms with van der Waals surface area (Å²) >= 11 is 1.54. The highest BCUT2D eigenvalue weighted by molar-refractivity contribution is 7.15. The van der Waals surface area contributed by atoms with Gasteiger partial charge in [0.05, 0.1) is 29.8 Å². The van der Waals surface area contributed by atoms with Crippen molar-refractivity contribution in [2.45, 2.75) is 13.5 Å². The van der Waals surface area contributed by atoms with Crippen molar-refractivity contribution >= 4 is 22.2 Å². The molecule has 0 bridgehead atoms. The number of ether oxygens (including phenoxy) is 1. The molecule has 1 aromatic carbocycles. The fourth-order valence-electron chi connectivity index (χ4n) is 2.46. The van der Waals surface area contributed by atoms with Crippen molar-refractivity contribution in [3.05, 3.63) is 35.0 Å². The van der Waals surface area contributed by atoms with Gasteiger partial charge in [0.15, 0.2) is 0 Å². The number of hydrogen-bond acceptors (Lipinski definition) is 4. The second-order valence-electron chi connectivity index (χ2n) is 4.70. The molecule has 0 saturated heterocycles. The molecule has 3 aromatic rings. The Morgan fingerprint density at radius 3 is 2.85 bits per heavy atom. The first-order chi connectivity index (χ1) is 9.65. The minimum absolute atomic E-state index is 0.0393. The molecule has 5 heteroatoms. The molecule has 0 fully saturated rings. The van der Waals surface area contributed by atoms with E-state index in [1.807, 2.05) is 26.1 Å². The molecular weight excluding hydrogens is 272 g/mol. The lowest BCUT2D eigenvalue weighted by Crippen LogP contribution is -1.89. The summed E-state index contributed by atoms with van der Waals surface area (Å²) < 4.78 is 7.48. The van der Waals surface area contributed by atoms with E-state index in [0.29, 0.717) is 0 Å². The first-order valence-corrected chi connectivity index (χ1v) is 7.17. The number of rotatable bonds is 3. The second kappa shape index (κ2) is 4.92. The van der Waals surface area contributed by atoms with Gasteiger partial charge in [-0.25, -0.2) is 4.98 Å². The number of aryl methyl sites for hydroxylation is 2. The van der Waals surface area contributed by atoms with Crippen LogP contribution < -0.4 is 4.74 Å². The zero-order valence-electron chi connectivity index (χ0n) is 11.7. The third-order valence-corrected chi connectivity index (χ3v) is 4.63. The molecule has 0 spiro atoms. The van der Waals surface area contributed by atoms with Crippen LogP contribution in [0.3, 0.4) is 0 Å². The van der Waals surface area contributed by atoms with Crippen molar-refractivity contribution in [3.8, 4) is 16.3 Å². The molecule has 2 heterocycles. The largest absolute Gasteiger partial charge is 0.495 e. The van der Waals surface area contributed by atoms with Crippen molar-refractivity contribution < 1.29 is 9.84 Å². The maximum absolute atomic E-state index is 9.32. The van der Waals surface area contributed by atoms with Crippen LogP contribution >= 0.6 is 11.3 Å². The maximum Gasteiger partial charge on any atom is 0.143 e. The van der Waals surface area contributed by atoms with Crippen LogP contribution in [-0.2, 0) is 13.7 Å². The standard InChI is InChI=1S/C15H16N2O2S/c1-9-13(8-18)20-15(16-9)11-7-17(2)14-10(11)5-4-6-12(14)19-3/h4-7,18H,8H2,1-3H3. The Labute approximate surface area is 121 Å². The zero-order chi connectivity index (χ0) is 14.3. The summed E-state index contributed by atoms with van der Waals surface area (Å²) in [4.78, 5) is 5.49. The van der Waals surface area contributed by atoms with Gasteiger partial charge in [0.2, 0.25) is 0 Å². The molecular formula is C15H16N2O2S. The fraction of sp³-hybridized carbons (Fsp3) is 0.267. The minimum atomic E-state index is 0.0393. The van der Waals surface area contributed by atoms with Gasteiger partial charge >= 0.3 is 0 Å². The Kier molecular flexibility index (Phi) is 3.23.